The van der Waals surface area contributed by atoms with Crippen molar-refractivity contribution in [3.8, 4) is 0 Å². The predicted octanol–water partition coefficient (Wildman–Crippen LogP) is 0.261. The molecule has 2 rings (SSSR count). The average molecular weight is 227 g/mol. The summed E-state index contributed by atoms with van der Waals surface area (Å²) in [4.78, 5) is 12.0. The molecule has 0 atom stereocenters. The van der Waals surface area contributed by atoms with Gasteiger partial charge in [-0.2, -0.15) is 0 Å². The molecule has 0 aromatic carbocycles. The van der Waals surface area contributed by atoms with E-state index in [1.54, 1.807) is 0 Å². The Labute approximate surface area is 91.6 Å². The van der Waals surface area contributed by atoms with Gasteiger partial charge in [-0.1, -0.05) is 16.5 Å². The third-order valence-electron chi connectivity index (χ3n) is 2.78. The second-order valence-electron chi connectivity index (χ2n) is 3.93. The van der Waals surface area contributed by atoms with Gasteiger partial charge < -0.3 is 5.32 Å². The van der Waals surface area contributed by atoms with Crippen LogP contribution in [0.5, 0.6) is 0 Å². The number of amides is 1. The molecule has 1 amide bonds. The molecule has 2 N–H and O–H groups in total. The Balaban J connectivity index is 2.00. The van der Waals surface area contributed by atoms with E-state index in [4.69, 9.17) is 0 Å². The Morgan fingerprint density at radius 2 is 2.27 bits per heavy atom. The zero-order valence-corrected chi connectivity index (χ0v) is 9.30. The Kier molecular flexibility index (Phi) is 2.92. The van der Waals surface area contributed by atoms with Gasteiger partial charge in [0.1, 0.15) is 0 Å². The van der Waals surface area contributed by atoms with Gasteiger partial charge in [0.15, 0.2) is 0 Å². The van der Waals surface area contributed by atoms with Crippen LogP contribution in [0.25, 0.3) is 0 Å². The van der Waals surface area contributed by atoms with Gasteiger partial charge in [0, 0.05) is 16.9 Å². The third kappa shape index (κ3) is 2.29. The first kappa shape index (κ1) is 10.4. The summed E-state index contributed by atoms with van der Waals surface area (Å²) in [5, 5.41) is 13.6. The molecular formula is C8H13N5OS. The van der Waals surface area contributed by atoms with Crippen molar-refractivity contribution < 1.29 is 4.79 Å². The number of nitrogens with one attached hydrogen (secondary N) is 2. The normalized spacial score (nSPS) is 19.8. The summed E-state index contributed by atoms with van der Waals surface area (Å²) in [6, 6.07) is 0. The number of anilines is 1. The Morgan fingerprint density at radius 1 is 1.53 bits per heavy atom. The highest BCUT2D eigenvalue weighted by Gasteiger charge is 2.34. The fraction of sp³-hybridized carbons (Fsp3) is 0.750. The highest BCUT2D eigenvalue weighted by Crippen LogP contribution is 2.29. The second-order valence-corrected chi connectivity index (χ2v) is 4.66. The van der Waals surface area contributed by atoms with Crippen LogP contribution < -0.4 is 10.6 Å². The van der Waals surface area contributed by atoms with Crippen molar-refractivity contribution in [3.63, 3.8) is 0 Å². The van der Waals surface area contributed by atoms with E-state index in [1.807, 2.05) is 6.92 Å². The molecule has 1 aromatic rings. The highest BCUT2D eigenvalue weighted by atomic mass is 32.1. The maximum absolute atomic E-state index is 12.0. The van der Waals surface area contributed by atoms with Crippen LogP contribution >= 0.6 is 11.5 Å². The van der Waals surface area contributed by atoms with Gasteiger partial charge in [-0.15, -0.1) is 0 Å². The molecule has 0 spiro atoms. The Bertz CT molecular complexity index is 333. The van der Waals surface area contributed by atoms with Gasteiger partial charge in [-0.05, 0) is 31.1 Å². The summed E-state index contributed by atoms with van der Waals surface area (Å²) in [5.41, 5.74) is -0.295. The molecule has 0 saturated carbocycles. The zero-order chi connectivity index (χ0) is 10.7. The Morgan fingerprint density at radius 3 is 2.87 bits per heavy atom. The molecule has 6 nitrogen and oxygen atoms in total. The van der Waals surface area contributed by atoms with Gasteiger partial charge in [-0.3, -0.25) is 10.1 Å². The standard InChI is InChI=1S/C8H13N5OS/c1-8(2-4-9-5-3-8)6(14)10-7-11-12-13-15-7/h9H,2-5H2,1H3,(H,10,11,13,14). The molecule has 0 aliphatic carbocycles. The molecule has 0 bridgehead atoms. The number of aromatic nitrogens is 3. The number of carbonyl (C=O) groups is 1. The molecule has 0 radical (unpaired) electrons. The molecular weight excluding hydrogens is 214 g/mol. The number of nitrogens with zero attached hydrogens (tertiary/aromatic N) is 3. The van der Waals surface area contributed by atoms with Gasteiger partial charge in [0.2, 0.25) is 11.0 Å². The lowest BCUT2D eigenvalue weighted by Crippen LogP contribution is -2.42. The van der Waals surface area contributed by atoms with Gasteiger partial charge in [-0.25, -0.2) is 0 Å². The fourth-order valence-electron chi connectivity index (χ4n) is 1.64. The molecule has 1 fully saturated rings. The first-order valence-electron chi connectivity index (χ1n) is 4.88. The molecule has 1 aliphatic heterocycles. The van der Waals surface area contributed by atoms with Crippen LogP contribution in [0.3, 0.4) is 0 Å². The maximum Gasteiger partial charge on any atom is 0.232 e. The third-order valence-corrected chi connectivity index (χ3v) is 3.29. The lowest BCUT2D eigenvalue weighted by Gasteiger charge is -2.31. The largest absolute Gasteiger partial charge is 0.317 e. The molecule has 0 unspecified atom stereocenters. The molecule has 7 heteroatoms. The van der Waals surface area contributed by atoms with Crippen molar-refractivity contribution in [2.75, 3.05) is 18.4 Å². The first-order chi connectivity index (χ1) is 7.21. The lowest BCUT2D eigenvalue weighted by atomic mass is 9.80. The summed E-state index contributed by atoms with van der Waals surface area (Å²) in [6.07, 6.45) is 1.70. The monoisotopic (exact) mass is 227 g/mol. The van der Waals surface area contributed by atoms with Crippen LogP contribution in [-0.2, 0) is 4.79 Å². The molecule has 15 heavy (non-hydrogen) atoms. The van der Waals surface area contributed by atoms with Crippen molar-refractivity contribution >= 4 is 22.6 Å². The quantitative estimate of drug-likeness (QED) is 0.757. The highest BCUT2D eigenvalue weighted by molar-refractivity contribution is 7.09. The van der Waals surface area contributed by atoms with Crippen molar-refractivity contribution in [1.82, 2.24) is 20.1 Å². The van der Waals surface area contributed by atoms with Gasteiger partial charge in [0.05, 0.1) is 0 Å². The lowest BCUT2D eigenvalue weighted by molar-refractivity contribution is -0.126. The van der Waals surface area contributed by atoms with E-state index in [-0.39, 0.29) is 11.3 Å². The van der Waals surface area contributed by atoms with Crippen LogP contribution in [0, 0.1) is 5.41 Å². The van der Waals surface area contributed by atoms with Gasteiger partial charge in [0.25, 0.3) is 0 Å². The summed E-state index contributed by atoms with van der Waals surface area (Å²) >= 11 is 1.09. The number of hydrogen-bond acceptors (Lipinski definition) is 6. The number of piperidine rings is 1. The van der Waals surface area contributed by atoms with E-state index in [0.717, 1.165) is 37.5 Å². The number of rotatable bonds is 2. The van der Waals surface area contributed by atoms with E-state index in [2.05, 4.69) is 25.4 Å². The smallest absolute Gasteiger partial charge is 0.232 e. The summed E-state index contributed by atoms with van der Waals surface area (Å²) in [5.74, 6) is 0.0163. The minimum Gasteiger partial charge on any atom is -0.317 e. The van der Waals surface area contributed by atoms with E-state index < -0.39 is 0 Å². The summed E-state index contributed by atoms with van der Waals surface area (Å²) < 4.78 is 3.60. The van der Waals surface area contributed by atoms with Crippen molar-refractivity contribution in [1.29, 1.82) is 0 Å². The molecule has 1 aromatic heterocycles. The predicted molar refractivity (Wildman–Crippen MR) is 56.5 cm³/mol. The van der Waals surface area contributed by atoms with E-state index in [9.17, 15) is 4.79 Å². The molecule has 2 heterocycles. The van der Waals surface area contributed by atoms with Crippen molar-refractivity contribution in [2.45, 2.75) is 19.8 Å². The first-order valence-corrected chi connectivity index (χ1v) is 5.65. The van der Waals surface area contributed by atoms with Crippen LogP contribution in [0.4, 0.5) is 5.13 Å². The molecule has 1 saturated heterocycles. The zero-order valence-electron chi connectivity index (χ0n) is 8.49. The second kappa shape index (κ2) is 4.19. The SMILES string of the molecule is CC1(C(=O)Nc2nnns2)CCNCC1. The van der Waals surface area contributed by atoms with Gasteiger partial charge >= 0.3 is 0 Å². The van der Waals surface area contributed by atoms with Crippen LogP contribution in [0.15, 0.2) is 0 Å². The summed E-state index contributed by atoms with van der Waals surface area (Å²) in [7, 11) is 0. The van der Waals surface area contributed by atoms with E-state index in [1.165, 1.54) is 0 Å². The van der Waals surface area contributed by atoms with Crippen LogP contribution in [0.1, 0.15) is 19.8 Å². The van der Waals surface area contributed by atoms with Crippen LogP contribution in [-0.4, -0.2) is 33.8 Å². The molecule has 82 valence electrons. The summed E-state index contributed by atoms with van der Waals surface area (Å²) in [6.45, 7) is 3.76. The topological polar surface area (TPSA) is 79.8 Å². The fourth-order valence-corrected chi connectivity index (χ4v) is 2.00. The Hall–Kier alpha value is -1.08. The minimum atomic E-state index is -0.295. The number of hydrogen-bond donors (Lipinski definition) is 2. The van der Waals surface area contributed by atoms with Crippen molar-refractivity contribution in [3.05, 3.63) is 0 Å². The van der Waals surface area contributed by atoms with Crippen molar-refractivity contribution in [2.24, 2.45) is 5.41 Å². The molecule has 1 aliphatic rings. The van der Waals surface area contributed by atoms with Crippen LogP contribution in [0.2, 0.25) is 0 Å². The van der Waals surface area contributed by atoms with E-state index >= 15 is 0 Å². The average Bonchev–Trinajstić information content (AvgIpc) is 2.71. The minimum absolute atomic E-state index is 0.0163. The maximum atomic E-state index is 12.0. The van der Waals surface area contributed by atoms with E-state index in [0.29, 0.717) is 5.13 Å². The number of carbonyl (C=O) groups excluding carboxylic acids is 1.